The van der Waals surface area contributed by atoms with Gasteiger partial charge in [0.15, 0.2) is 0 Å². The van der Waals surface area contributed by atoms with Crippen molar-refractivity contribution in [3.63, 3.8) is 0 Å². The van der Waals surface area contributed by atoms with Gasteiger partial charge in [-0.2, -0.15) is 0 Å². The van der Waals surface area contributed by atoms with Crippen molar-refractivity contribution in [1.29, 1.82) is 0 Å². The summed E-state index contributed by atoms with van der Waals surface area (Å²) in [6.07, 6.45) is 0. The monoisotopic (exact) mass is 103 g/mol. The van der Waals surface area contributed by atoms with E-state index >= 15 is 0 Å². The van der Waals surface area contributed by atoms with E-state index in [0.29, 0.717) is 13.2 Å². The molecule has 0 aromatic carbocycles. The Labute approximate surface area is 42.4 Å². The van der Waals surface area contributed by atoms with Gasteiger partial charge in [-0.15, -0.1) is 0 Å². The molecule has 1 fully saturated rings. The van der Waals surface area contributed by atoms with Crippen LogP contribution < -0.4 is 5.73 Å². The maximum atomic E-state index is 5.31. The van der Waals surface area contributed by atoms with E-state index in [1.807, 2.05) is 6.92 Å². The molecular formula is C4H9NO2. The fourth-order valence-corrected chi connectivity index (χ4v) is 0.399. The molecule has 1 atom stereocenters. The summed E-state index contributed by atoms with van der Waals surface area (Å²) in [7, 11) is 0. The molecule has 0 spiro atoms. The van der Waals surface area contributed by atoms with Gasteiger partial charge in [-0.3, -0.25) is 5.73 Å². The van der Waals surface area contributed by atoms with Gasteiger partial charge in [-0.05, 0) is 6.92 Å². The molecule has 1 unspecified atom stereocenters. The van der Waals surface area contributed by atoms with Crippen molar-refractivity contribution in [2.24, 2.45) is 5.73 Å². The molecule has 1 saturated heterocycles. The van der Waals surface area contributed by atoms with E-state index in [2.05, 4.69) is 0 Å². The van der Waals surface area contributed by atoms with E-state index in [-0.39, 0.29) is 0 Å². The van der Waals surface area contributed by atoms with E-state index in [9.17, 15) is 0 Å². The van der Waals surface area contributed by atoms with Gasteiger partial charge in [-0.25, -0.2) is 0 Å². The first-order chi connectivity index (χ1) is 3.27. The van der Waals surface area contributed by atoms with Crippen molar-refractivity contribution >= 4 is 0 Å². The second kappa shape index (κ2) is 1.43. The van der Waals surface area contributed by atoms with Crippen LogP contribution in [0, 0.1) is 0 Å². The molecule has 42 valence electrons. The Bertz CT molecular complexity index is 70.1. The number of nitrogens with two attached hydrogens (primary N) is 1. The molecule has 0 radical (unpaired) electrons. The lowest BCUT2D eigenvalue weighted by molar-refractivity contribution is -0.0320. The largest absolute Gasteiger partial charge is 0.336 e. The summed E-state index contributed by atoms with van der Waals surface area (Å²) < 4.78 is 9.59. The summed E-state index contributed by atoms with van der Waals surface area (Å²) in [5, 5.41) is 0. The number of hydrogen-bond donors (Lipinski definition) is 1. The smallest absolute Gasteiger partial charge is 0.249 e. The summed E-state index contributed by atoms with van der Waals surface area (Å²) in [5.41, 5.74) is 5.31. The third-order valence-electron chi connectivity index (χ3n) is 0.818. The summed E-state index contributed by atoms with van der Waals surface area (Å²) in [4.78, 5) is 0. The van der Waals surface area contributed by atoms with Crippen LogP contribution in [-0.4, -0.2) is 19.1 Å². The van der Waals surface area contributed by atoms with Crippen LogP contribution in [0.3, 0.4) is 0 Å². The van der Waals surface area contributed by atoms with Crippen LogP contribution in [0.5, 0.6) is 0 Å². The number of ether oxygens (including phenoxy) is 2. The normalized spacial score (nSPS) is 38.6. The molecule has 0 saturated carbocycles. The molecule has 0 aromatic heterocycles. The lowest BCUT2D eigenvalue weighted by atomic mass is 10.7. The standard InChI is InChI=1S/C4H9NO2/c1-2-6-4(5)3-7-4/h2-3,5H2,1H3. The van der Waals surface area contributed by atoms with E-state index in [0.717, 1.165) is 0 Å². The lowest BCUT2D eigenvalue weighted by Crippen LogP contribution is -2.27. The highest BCUT2D eigenvalue weighted by atomic mass is 16.8. The first kappa shape index (κ1) is 5.03. The Morgan fingerprint density at radius 2 is 2.57 bits per heavy atom. The summed E-state index contributed by atoms with van der Waals surface area (Å²) in [6.45, 7) is 3.05. The average molecular weight is 103 g/mol. The first-order valence-electron chi connectivity index (χ1n) is 2.33. The van der Waals surface area contributed by atoms with Crippen LogP contribution in [0.1, 0.15) is 6.92 Å². The van der Waals surface area contributed by atoms with Crippen LogP contribution in [0.2, 0.25) is 0 Å². The molecule has 7 heavy (non-hydrogen) atoms. The SMILES string of the molecule is CCOC1(N)CO1. The van der Waals surface area contributed by atoms with Gasteiger partial charge in [0.1, 0.15) is 6.61 Å². The number of rotatable bonds is 2. The summed E-state index contributed by atoms with van der Waals surface area (Å²) in [5.74, 6) is -0.700. The van der Waals surface area contributed by atoms with Crippen molar-refractivity contribution in [3.05, 3.63) is 0 Å². The molecule has 1 aliphatic heterocycles. The van der Waals surface area contributed by atoms with Gasteiger partial charge >= 0.3 is 0 Å². The molecule has 0 aromatic rings. The topological polar surface area (TPSA) is 47.8 Å². The van der Waals surface area contributed by atoms with Crippen LogP contribution in [0.25, 0.3) is 0 Å². The number of epoxide rings is 1. The molecule has 3 nitrogen and oxygen atoms in total. The van der Waals surface area contributed by atoms with E-state index in [4.69, 9.17) is 15.2 Å². The Kier molecular flexibility index (Phi) is 1.03. The summed E-state index contributed by atoms with van der Waals surface area (Å²) >= 11 is 0. The summed E-state index contributed by atoms with van der Waals surface area (Å²) in [6, 6.07) is 0. The fourth-order valence-electron chi connectivity index (χ4n) is 0.399. The zero-order valence-corrected chi connectivity index (χ0v) is 4.31. The predicted octanol–water partition coefficient (Wildman–Crippen LogP) is -0.334. The molecule has 0 amide bonds. The third kappa shape index (κ3) is 1.12. The van der Waals surface area contributed by atoms with Gasteiger partial charge < -0.3 is 9.47 Å². The highest BCUT2D eigenvalue weighted by Crippen LogP contribution is 2.19. The maximum Gasteiger partial charge on any atom is 0.249 e. The molecule has 0 bridgehead atoms. The third-order valence-corrected chi connectivity index (χ3v) is 0.818. The maximum absolute atomic E-state index is 5.31. The minimum Gasteiger partial charge on any atom is -0.336 e. The molecule has 1 rings (SSSR count). The Morgan fingerprint density at radius 1 is 2.00 bits per heavy atom. The van der Waals surface area contributed by atoms with Crippen LogP contribution in [-0.2, 0) is 9.47 Å². The predicted molar refractivity (Wildman–Crippen MR) is 24.5 cm³/mol. The molecule has 0 aliphatic carbocycles. The molecule has 1 heterocycles. The first-order valence-corrected chi connectivity index (χ1v) is 2.33. The van der Waals surface area contributed by atoms with Gasteiger partial charge in [0.2, 0.25) is 5.91 Å². The van der Waals surface area contributed by atoms with Crippen LogP contribution in [0.15, 0.2) is 0 Å². The highest BCUT2D eigenvalue weighted by Gasteiger charge is 2.41. The van der Waals surface area contributed by atoms with Crippen molar-refractivity contribution in [1.82, 2.24) is 0 Å². The number of hydrogen-bond acceptors (Lipinski definition) is 3. The Balaban J connectivity index is 2.13. The van der Waals surface area contributed by atoms with Crippen molar-refractivity contribution < 1.29 is 9.47 Å². The van der Waals surface area contributed by atoms with Gasteiger partial charge in [0, 0.05) is 6.61 Å². The minimum atomic E-state index is -0.700. The second-order valence-corrected chi connectivity index (χ2v) is 1.53. The Morgan fingerprint density at radius 3 is 2.71 bits per heavy atom. The zero-order valence-electron chi connectivity index (χ0n) is 4.31. The molecule has 1 aliphatic rings. The van der Waals surface area contributed by atoms with Crippen molar-refractivity contribution in [3.8, 4) is 0 Å². The van der Waals surface area contributed by atoms with Gasteiger partial charge in [0.05, 0.1) is 0 Å². The van der Waals surface area contributed by atoms with Crippen molar-refractivity contribution in [2.75, 3.05) is 13.2 Å². The quantitative estimate of drug-likeness (QED) is 0.384. The van der Waals surface area contributed by atoms with E-state index in [1.54, 1.807) is 0 Å². The average Bonchev–Trinajstić information content (AvgIpc) is 2.22. The van der Waals surface area contributed by atoms with Crippen LogP contribution in [0.4, 0.5) is 0 Å². The molecular weight excluding hydrogens is 94.0 g/mol. The second-order valence-electron chi connectivity index (χ2n) is 1.53. The highest BCUT2D eigenvalue weighted by molar-refractivity contribution is 4.72. The zero-order chi connectivity index (χ0) is 5.33. The van der Waals surface area contributed by atoms with E-state index in [1.165, 1.54) is 0 Å². The van der Waals surface area contributed by atoms with E-state index < -0.39 is 5.91 Å². The van der Waals surface area contributed by atoms with Gasteiger partial charge in [0.25, 0.3) is 0 Å². The minimum absolute atomic E-state index is 0.542. The fraction of sp³-hybridized carbons (Fsp3) is 1.00. The van der Waals surface area contributed by atoms with Crippen molar-refractivity contribution in [2.45, 2.75) is 12.8 Å². The van der Waals surface area contributed by atoms with Gasteiger partial charge in [-0.1, -0.05) is 0 Å². The molecule has 2 N–H and O–H groups in total. The molecule has 3 heteroatoms. The lowest BCUT2D eigenvalue weighted by Gasteiger charge is -2.01. The Hall–Kier alpha value is -0.120. The van der Waals surface area contributed by atoms with Crippen LogP contribution >= 0.6 is 0 Å².